The molecule has 0 aliphatic carbocycles. The zero-order valence-electron chi connectivity index (χ0n) is 24.8. The van der Waals surface area contributed by atoms with Gasteiger partial charge < -0.3 is 28.1 Å². The van der Waals surface area contributed by atoms with Crippen molar-refractivity contribution in [3.8, 4) is 0 Å². The van der Waals surface area contributed by atoms with Gasteiger partial charge in [0, 0.05) is 13.7 Å². The summed E-state index contributed by atoms with van der Waals surface area (Å²) < 4.78 is 28.0. The van der Waals surface area contributed by atoms with E-state index in [0.717, 1.165) is 13.0 Å². The van der Waals surface area contributed by atoms with E-state index >= 15 is 0 Å². The van der Waals surface area contributed by atoms with Crippen molar-refractivity contribution >= 4 is 7.82 Å². The van der Waals surface area contributed by atoms with Gasteiger partial charge in [0.05, 0.1) is 33.9 Å². The molecule has 0 bridgehead atoms. The predicted molar refractivity (Wildman–Crippen MR) is 150 cm³/mol. The van der Waals surface area contributed by atoms with E-state index in [1.165, 1.54) is 96.3 Å². The first-order chi connectivity index (χ1) is 17.1. The van der Waals surface area contributed by atoms with Crippen LogP contribution in [0.15, 0.2) is 0 Å². The number of ether oxygens (including phenoxy) is 1. The first-order valence-electron chi connectivity index (χ1n) is 14.7. The molecular weight excluding hydrogens is 475 g/mol. The number of rotatable bonds is 27. The molecule has 0 N–H and O–H groups in total. The summed E-state index contributed by atoms with van der Waals surface area (Å²) in [4.78, 5) is 14.2. The number of unbranched alkanes of at least 4 members (excludes halogenated alkanes) is 15. The van der Waals surface area contributed by atoms with Gasteiger partial charge in [-0.2, -0.15) is 0 Å². The average Bonchev–Trinajstić information content (AvgIpc) is 2.80. The highest BCUT2D eigenvalue weighted by molar-refractivity contribution is 7.45. The Morgan fingerprint density at radius 2 is 1.22 bits per heavy atom. The molecule has 0 fully saturated rings. The van der Waals surface area contributed by atoms with E-state index in [9.17, 15) is 9.46 Å². The number of quaternary nitrogens is 1. The summed E-state index contributed by atoms with van der Waals surface area (Å²) in [6.45, 7) is 4.57. The van der Waals surface area contributed by atoms with Crippen LogP contribution in [0.3, 0.4) is 0 Å². The number of phosphoric acid groups is 1. The Bertz CT molecular complexity index is 531. The lowest BCUT2D eigenvalue weighted by Gasteiger charge is -2.29. The van der Waals surface area contributed by atoms with Crippen LogP contribution in [0.2, 0.25) is 0 Å². The SMILES string of the molecule is CCCCCCCCCCCCCCCCCCN(C)C[C@@H](COP(=O)([O-])OCC[N+](C)(C)C)OC. The van der Waals surface area contributed by atoms with Crippen LogP contribution in [0.5, 0.6) is 0 Å². The van der Waals surface area contributed by atoms with Gasteiger partial charge in [0.1, 0.15) is 13.2 Å². The monoisotopic (exact) mass is 536 g/mol. The second-order valence-electron chi connectivity index (χ2n) is 11.5. The normalized spacial score (nSPS) is 14.9. The van der Waals surface area contributed by atoms with E-state index < -0.39 is 7.82 Å². The number of likely N-dealkylation sites (N-methyl/N-ethyl adjacent to an activating group) is 2. The van der Waals surface area contributed by atoms with Crippen molar-refractivity contribution in [3.05, 3.63) is 0 Å². The average molecular weight is 537 g/mol. The maximum Gasteiger partial charge on any atom is 0.268 e. The molecule has 0 aromatic rings. The van der Waals surface area contributed by atoms with Gasteiger partial charge >= 0.3 is 0 Å². The molecule has 0 heterocycles. The minimum atomic E-state index is -4.30. The minimum absolute atomic E-state index is 0.0229. The summed E-state index contributed by atoms with van der Waals surface area (Å²) in [5.74, 6) is 0. The number of phosphoric ester groups is 1. The number of hydrogen-bond donors (Lipinski definition) is 0. The first-order valence-corrected chi connectivity index (χ1v) is 16.2. The third-order valence-electron chi connectivity index (χ3n) is 6.67. The van der Waals surface area contributed by atoms with Crippen molar-refractivity contribution < 1.29 is 27.7 Å². The maximum absolute atomic E-state index is 12.0. The van der Waals surface area contributed by atoms with Gasteiger partial charge in [0.2, 0.25) is 0 Å². The number of nitrogens with zero attached hydrogens (tertiary/aromatic N) is 2. The molecule has 1 unspecified atom stereocenters. The van der Waals surface area contributed by atoms with Crippen molar-refractivity contribution in [1.82, 2.24) is 4.90 Å². The van der Waals surface area contributed by atoms with Gasteiger partial charge in [-0.15, -0.1) is 0 Å². The molecule has 0 aromatic heterocycles. The lowest BCUT2D eigenvalue weighted by Crippen LogP contribution is -2.38. The van der Waals surface area contributed by atoms with E-state index in [0.29, 0.717) is 17.6 Å². The van der Waals surface area contributed by atoms with Crippen LogP contribution in [0.25, 0.3) is 0 Å². The minimum Gasteiger partial charge on any atom is -0.756 e. The largest absolute Gasteiger partial charge is 0.756 e. The Hall–Kier alpha value is -0.0100. The Balaban J connectivity index is 3.64. The molecule has 7 nitrogen and oxygen atoms in total. The highest BCUT2D eigenvalue weighted by Crippen LogP contribution is 2.38. The van der Waals surface area contributed by atoms with Crippen LogP contribution < -0.4 is 4.89 Å². The summed E-state index contributed by atoms with van der Waals surface area (Å²) in [6.07, 6.45) is 21.6. The molecule has 0 aliphatic heterocycles. The van der Waals surface area contributed by atoms with E-state index in [4.69, 9.17) is 13.8 Å². The van der Waals surface area contributed by atoms with Crippen molar-refractivity contribution in [1.29, 1.82) is 0 Å². The van der Waals surface area contributed by atoms with E-state index in [1.54, 1.807) is 7.11 Å². The van der Waals surface area contributed by atoms with E-state index in [1.807, 2.05) is 28.2 Å². The Morgan fingerprint density at radius 1 is 0.778 bits per heavy atom. The van der Waals surface area contributed by atoms with Crippen LogP contribution >= 0.6 is 7.82 Å². The third kappa shape index (κ3) is 25.6. The number of methoxy groups -OCH3 is 1. The third-order valence-corrected chi connectivity index (χ3v) is 7.64. The van der Waals surface area contributed by atoms with Gasteiger partial charge in [-0.3, -0.25) is 4.57 Å². The smallest absolute Gasteiger partial charge is 0.268 e. The lowest BCUT2D eigenvalue weighted by atomic mass is 10.0. The summed E-state index contributed by atoms with van der Waals surface area (Å²) >= 11 is 0. The van der Waals surface area contributed by atoms with Crippen LogP contribution in [-0.2, 0) is 18.3 Å². The fourth-order valence-electron chi connectivity index (χ4n) is 4.20. The van der Waals surface area contributed by atoms with Gasteiger partial charge in [-0.25, -0.2) is 0 Å². The quantitative estimate of drug-likeness (QED) is 0.0687. The predicted octanol–water partition coefficient (Wildman–Crippen LogP) is 6.40. The molecule has 36 heavy (non-hydrogen) atoms. The van der Waals surface area contributed by atoms with Crippen LogP contribution in [0.4, 0.5) is 0 Å². The molecule has 8 heteroatoms. The number of hydrogen-bond acceptors (Lipinski definition) is 6. The van der Waals surface area contributed by atoms with Crippen LogP contribution in [-0.4, -0.2) is 83.6 Å². The van der Waals surface area contributed by atoms with Gasteiger partial charge in [-0.05, 0) is 20.0 Å². The molecule has 0 radical (unpaired) electrons. The second kappa shape index (κ2) is 22.9. The van der Waals surface area contributed by atoms with Crippen molar-refractivity contribution in [3.63, 3.8) is 0 Å². The van der Waals surface area contributed by atoms with Crippen LogP contribution in [0, 0.1) is 0 Å². The molecule has 0 saturated heterocycles. The summed E-state index contributed by atoms with van der Waals surface area (Å²) in [6, 6.07) is 0. The summed E-state index contributed by atoms with van der Waals surface area (Å²) in [5.41, 5.74) is 0. The van der Waals surface area contributed by atoms with Gasteiger partial charge in [-0.1, -0.05) is 103 Å². The van der Waals surface area contributed by atoms with Crippen molar-refractivity contribution in [2.45, 2.75) is 116 Å². The molecule has 0 amide bonds. The summed E-state index contributed by atoms with van der Waals surface area (Å²) in [7, 11) is 5.28. The molecule has 0 aromatic carbocycles. The molecule has 0 rings (SSSR count). The zero-order valence-corrected chi connectivity index (χ0v) is 25.7. The molecule has 0 saturated carbocycles. The van der Waals surface area contributed by atoms with Gasteiger partial charge in [0.25, 0.3) is 7.82 Å². The van der Waals surface area contributed by atoms with E-state index in [-0.39, 0.29) is 19.3 Å². The van der Waals surface area contributed by atoms with Crippen molar-refractivity contribution in [2.24, 2.45) is 0 Å². The fourth-order valence-corrected chi connectivity index (χ4v) is 4.93. The molecule has 0 spiro atoms. The highest BCUT2D eigenvalue weighted by Gasteiger charge is 2.17. The molecule has 2 atom stereocenters. The summed E-state index contributed by atoms with van der Waals surface area (Å²) in [5, 5.41) is 0. The molecule has 0 aliphatic rings. The second-order valence-corrected chi connectivity index (χ2v) is 12.9. The maximum atomic E-state index is 12.0. The zero-order chi connectivity index (χ0) is 27.1. The fraction of sp³-hybridized carbons (Fsp3) is 1.00. The Kier molecular flexibility index (Phi) is 22.9. The lowest BCUT2D eigenvalue weighted by molar-refractivity contribution is -0.870. The topological polar surface area (TPSA) is 71.1 Å². The standard InChI is InChI=1S/C28H61N2O5P/c1-7-8-9-10-11-12-13-14-15-16-17-18-19-20-21-22-23-29(2)26-28(33-6)27-35-36(31,32)34-25-24-30(3,4)5/h28H,7-27H2,1-6H3/t28-/m0/s1. The molecular formula is C28H61N2O5P. The van der Waals surface area contributed by atoms with Crippen molar-refractivity contribution in [2.75, 3.05) is 68.1 Å². The first kappa shape index (κ1) is 36.0. The highest BCUT2D eigenvalue weighted by atomic mass is 31.2. The van der Waals surface area contributed by atoms with E-state index in [2.05, 4.69) is 11.8 Å². The van der Waals surface area contributed by atoms with Gasteiger partial charge in [0.15, 0.2) is 0 Å². The van der Waals surface area contributed by atoms with Crippen LogP contribution in [0.1, 0.15) is 110 Å². The molecule has 218 valence electrons. The Labute approximate surface area is 224 Å². The Morgan fingerprint density at radius 3 is 1.64 bits per heavy atom.